The number of rotatable bonds is 32. The number of carbonyl (C=O) groups excluding carboxylic acids is 9. The van der Waals surface area contributed by atoms with Gasteiger partial charge in [-0.2, -0.15) is 0 Å². The minimum atomic E-state index is -1.71. The fourth-order valence-electron chi connectivity index (χ4n) is 10.9. The Hall–Kier alpha value is -9.47. The number of nitrogens with one attached hydrogen (secondary N) is 5. The van der Waals surface area contributed by atoms with Gasteiger partial charge in [0, 0.05) is 69.1 Å². The third-order valence-electron chi connectivity index (χ3n) is 15.4. The van der Waals surface area contributed by atoms with Crippen LogP contribution in [-0.2, 0) is 67.3 Å². The molecule has 4 heterocycles. The molecule has 1 aromatic heterocycles. The number of para-hydroxylation sites is 1. The first kappa shape index (κ1) is 70.6. The minimum absolute atomic E-state index is 0.0499. The Morgan fingerprint density at radius 1 is 0.648 bits per heavy atom. The van der Waals surface area contributed by atoms with E-state index in [1.165, 1.54) is 21.1 Å². The first-order chi connectivity index (χ1) is 43.4. The van der Waals surface area contributed by atoms with E-state index in [0.717, 1.165) is 9.80 Å². The molecule has 33 heteroatoms. The number of nitrogens with two attached hydrogens (primary N) is 7. The number of fused-ring (bicyclic) bond motifs is 1. The van der Waals surface area contributed by atoms with E-state index in [-0.39, 0.29) is 121 Å². The van der Waals surface area contributed by atoms with Gasteiger partial charge in [0.25, 0.3) is 5.91 Å². The maximum absolute atomic E-state index is 15.0. The summed E-state index contributed by atoms with van der Waals surface area (Å²) in [7, 11) is 0. The summed E-state index contributed by atoms with van der Waals surface area (Å²) >= 11 is 1.25. The number of aliphatic hydroxyl groups is 2. The Kier molecular flexibility index (Phi) is 26.8. The number of β-amino-alcohol motifs (C(OH)–C–C–N with tert-alkyl or cyclic N) is 1. The van der Waals surface area contributed by atoms with Gasteiger partial charge in [-0.3, -0.25) is 58.1 Å². The smallest absolute Gasteiger partial charge is 0.326 e. The number of amides is 9. The number of aliphatic hydroxyl groups excluding tert-OH is 2. The molecule has 2 aromatic carbocycles. The lowest BCUT2D eigenvalue weighted by molar-refractivity contribution is -0.148. The minimum Gasteiger partial charge on any atom is -0.480 e. The summed E-state index contributed by atoms with van der Waals surface area (Å²) in [6.45, 7) is -2.30. The van der Waals surface area contributed by atoms with Crippen LogP contribution in [0, 0.1) is 0 Å². The number of hydrogen-bond donors (Lipinski definition) is 15. The van der Waals surface area contributed by atoms with Crippen molar-refractivity contribution >= 4 is 94.0 Å². The molecule has 6 rings (SSSR count). The van der Waals surface area contributed by atoms with Gasteiger partial charge in [0.15, 0.2) is 17.9 Å². The van der Waals surface area contributed by atoms with Crippen LogP contribution in [0.15, 0.2) is 87.1 Å². The third-order valence-corrected chi connectivity index (χ3v) is 16.3. The largest absolute Gasteiger partial charge is 0.480 e. The molecular formula is C58H83N19O13S. The fraction of sp³-hybridized carbons (Fsp3) is 0.500. The van der Waals surface area contributed by atoms with Gasteiger partial charge in [-0.25, -0.2) is 4.79 Å². The van der Waals surface area contributed by atoms with Crippen molar-refractivity contribution < 1.29 is 63.3 Å². The Labute approximate surface area is 528 Å². The van der Waals surface area contributed by atoms with Crippen LogP contribution in [0.3, 0.4) is 0 Å². The van der Waals surface area contributed by atoms with Crippen LogP contribution in [-0.4, -0.2) is 214 Å². The van der Waals surface area contributed by atoms with Crippen LogP contribution >= 0.6 is 11.3 Å². The van der Waals surface area contributed by atoms with E-state index in [1.54, 1.807) is 72.1 Å². The molecule has 91 heavy (non-hydrogen) atoms. The van der Waals surface area contributed by atoms with E-state index in [1.807, 2.05) is 0 Å². The van der Waals surface area contributed by atoms with Crippen molar-refractivity contribution in [2.45, 2.75) is 132 Å². The highest BCUT2D eigenvalue weighted by molar-refractivity contribution is 7.09. The SMILES string of the molecule is NC(N)=NCCC[C@H](NC(=O)CN(C(=O)[C@H]1Cc2ccccc2CN1C(=O)[C@H](CO)NC(=O)[C@H](Cc1cccs1)NC(=O)CNC(=O)[C@@H]1C[C@@H](O)CN1C(=O)[C@@H]1CCCN1C(=O)[C@H](CCCN=C(N)N)NC(=O)[C@@H](N)CCCN=C(N)N)c1ccccc1)C(=O)O. The van der Waals surface area contributed by atoms with E-state index in [2.05, 4.69) is 41.6 Å². The van der Waals surface area contributed by atoms with Gasteiger partial charge in [0.05, 0.1) is 25.3 Å². The summed E-state index contributed by atoms with van der Waals surface area (Å²) < 4.78 is 0. The van der Waals surface area contributed by atoms with Gasteiger partial charge in [-0.05, 0) is 86.1 Å². The van der Waals surface area contributed by atoms with Crippen molar-refractivity contribution in [2.75, 3.05) is 57.3 Å². The Morgan fingerprint density at radius 3 is 1.86 bits per heavy atom. The zero-order valence-corrected chi connectivity index (χ0v) is 51.1. The number of carboxylic acids is 1. The van der Waals surface area contributed by atoms with Crippen LogP contribution in [0.1, 0.15) is 73.8 Å². The molecule has 2 fully saturated rings. The van der Waals surface area contributed by atoms with Gasteiger partial charge < -0.3 is 102 Å². The zero-order chi connectivity index (χ0) is 66.3. The normalized spacial score (nSPS) is 18.3. The second kappa shape index (κ2) is 34.5. The topological polar surface area (TPSA) is 524 Å². The standard InChI is InChI=1S/C58H83N19O13S/c59-38(16-6-20-66-56(60)61)48(82)72-39(17-7-21-67-57(62)63)51(85)74-23-9-19-43(74)53(87)77-30-36(79)26-44(77)50(84)69-28-46(80)71-41(27-37-15-10-24-91-37)49(83)73-42(32-78)52(86)76-29-34-12-5-4-11-33(34)25-45(76)54(88)75(35-13-2-1-3-14-35)31-47(81)70-40(55(89)90)18-8-22-68-58(64)65/h1-5,10-15,24,36,38-45,78-79H,6-9,16-23,25-32,59H2,(H,69,84)(H,70,81)(H,71,80)(H,72,82)(H,73,83)(H,89,90)(H4,60,61,66)(H4,62,63,67)(H4,64,65,68)/t36-,38+,39+,40+,41+,42+,43+,44+,45-/m1/s1. The van der Waals surface area contributed by atoms with Gasteiger partial charge in [0.1, 0.15) is 48.8 Å². The lowest BCUT2D eigenvalue weighted by atomic mass is 9.92. The quantitative estimate of drug-likeness (QED) is 0.0158. The number of likely N-dealkylation sites (tertiary alicyclic amines) is 2. The summed E-state index contributed by atoms with van der Waals surface area (Å²) in [6.07, 6.45) is -0.00311. The molecule has 9 amide bonds. The average molecular weight is 1290 g/mol. The van der Waals surface area contributed by atoms with Crippen LogP contribution < -0.4 is 71.6 Å². The summed E-state index contributed by atoms with van der Waals surface area (Å²) in [5, 5.41) is 46.2. The summed E-state index contributed by atoms with van der Waals surface area (Å²) in [5.41, 5.74) is 40.3. The van der Waals surface area contributed by atoms with E-state index in [9.17, 15) is 58.5 Å². The number of nitrogens with zero attached hydrogens (tertiary/aromatic N) is 7. The van der Waals surface area contributed by atoms with Crippen molar-refractivity contribution in [1.82, 2.24) is 41.3 Å². The van der Waals surface area contributed by atoms with Crippen molar-refractivity contribution in [2.24, 2.45) is 55.1 Å². The molecule has 0 bridgehead atoms. The highest BCUT2D eigenvalue weighted by atomic mass is 32.1. The van der Waals surface area contributed by atoms with Gasteiger partial charge >= 0.3 is 5.97 Å². The Balaban J connectivity index is 1.14. The summed E-state index contributed by atoms with van der Waals surface area (Å²) in [6, 6.07) is 7.96. The van der Waals surface area contributed by atoms with Gasteiger partial charge in [0.2, 0.25) is 47.3 Å². The summed E-state index contributed by atoms with van der Waals surface area (Å²) in [4.78, 5) is 157. The highest BCUT2D eigenvalue weighted by Crippen LogP contribution is 2.29. The molecule has 3 aromatic rings. The van der Waals surface area contributed by atoms with Crippen molar-refractivity contribution in [3.05, 3.63) is 88.1 Å². The molecule has 9 atom stereocenters. The number of guanidine groups is 3. The second-order valence-corrected chi connectivity index (χ2v) is 23.2. The molecule has 0 unspecified atom stereocenters. The van der Waals surface area contributed by atoms with Crippen LogP contribution in [0.5, 0.6) is 0 Å². The molecule has 494 valence electrons. The average Bonchev–Trinajstić information content (AvgIpc) is 1.92. The van der Waals surface area contributed by atoms with E-state index in [4.69, 9.17) is 40.1 Å². The predicted molar refractivity (Wildman–Crippen MR) is 335 cm³/mol. The van der Waals surface area contributed by atoms with E-state index in [0.29, 0.717) is 28.8 Å². The maximum atomic E-state index is 15.0. The lowest BCUT2D eigenvalue weighted by Crippen LogP contribution is -2.61. The molecule has 32 nitrogen and oxygen atoms in total. The Morgan fingerprint density at radius 2 is 1.24 bits per heavy atom. The molecule has 0 spiro atoms. The van der Waals surface area contributed by atoms with Crippen molar-refractivity contribution in [3.63, 3.8) is 0 Å². The molecule has 0 aliphatic carbocycles. The highest BCUT2D eigenvalue weighted by Gasteiger charge is 2.46. The van der Waals surface area contributed by atoms with Crippen LogP contribution in [0.25, 0.3) is 0 Å². The molecule has 0 saturated carbocycles. The fourth-order valence-corrected chi connectivity index (χ4v) is 11.7. The maximum Gasteiger partial charge on any atom is 0.326 e. The predicted octanol–water partition coefficient (Wildman–Crippen LogP) is -5.15. The third kappa shape index (κ3) is 20.8. The number of carboxylic acid groups (broad SMARTS) is 1. The Bertz CT molecular complexity index is 3120. The first-order valence-corrected chi connectivity index (χ1v) is 30.6. The second-order valence-electron chi connectivity index (χ2n) is 22.1. The first-order valence-electron chi connectivity index (χ1n) is 29.7. The van der Waals surface area contributed by atoms with Crippen molar-refractivity contribution in [1.29, 1.82) is 0 Å². The number of aliphatic imine (C=N–C) groups is 3. The van der Waals surface area contributed by atoms with E-state index < -0.39 is 133 Å². The zero-order valence-electron chi connectivity index (χ0n) is 50.3. The molecule has 2 saturated heterocycles. The lowest BCUT2D eigenvalue weighted by Gasteiger charge is -2.40. The van der Waals surface area contributed by atoms with Crippen molar-refractivity contribution in [3.8, 4) is 0 Å². The number of hydrogen-bond acceptors (Lipinski definition) is 17. The number of aliphatic carboxylic acids is 1. The molecule has 3 aliphatic heterocycles. The molecule has 3 aliphatic rings. The van der Waals surface area contributed by atoms with E-state index >= 15 is 4.79 Å². The number of benzene rings is 2. The number of carbonyl (C=O) groups is 10. The molecule has 0 radical (unpaired) electrons. The molecular weight excluding hydrogens is 1200 g/mol. The van der Waals surface area contributed by atoms with Gasteiger partial charge in [-0.1, -0.05) is 48.5 Å². The summed E-state index contributed by atoms with van der Waals surface area (Å²) in [5.74, 6) is -8.85. The number of anilines is 1. The van der Waals surface area contributed by atoms with Gasteiger partial charge in [-0.15, -0.1) is 11.3 Å². The molecule has 22 N–H and O–H groups in total. The van der Waals surface area contributed by atoms with Crippen LogP contribution in [0.4, 0.5) is 5.69 Å². The monoisotopic (exact) mass is 1290 g/mol. The number of thiophene rings is 1. The van der Waals surface area contributed by atoms with Crippen LogP contribution in [0.2, 0.25) is 0 Å².